The van der Waals surface area contributed by atoms with Gasteiger partial charge in [0.05, 0.1) is 0 Å². The Balaban J connectivity index is 2.50. The Morgan fingerprint density at radius 3 is 2.44 bits per heavy atom. The molecule has 1 rings (SSSR count). The van der Waals surface area contributed by atoms with Gasteiger partial charge in [0, 0.05) is 19.1 Å². The van der Waals surface area contributed by atoms with Crippen molar-refractivity contribution in [2.75, 3.05) is 14.1 Å². The van der Waals surface area contributed by atoms with Crippen molar-refractivity contribution in [3.05, 3.63) is 35.4 Å². The number of hydrogen-bond acceptors (Lipinski definition) is 2. The summed E-state index contributed by atoms with van der Waals surface area (Å²) in [5.74, 6) is 0. The van der Waals surface area contributed by atoms with E-state index >= 15 is 0 Å². The largest absolute Gasteiger partial charge is 0.310 e. The van der Waals surface area contributed by atoms with Crippen LogP contribution in [0.3, 0.4) is 0 Å². The smallest absolute Gasteiger partial charge is 0.0230 e. The Morgan fingerprint density at radius 1 is 1.17 bits per heavy atom. The van der Waals surface area contributed by atoms with Crippen molar-refractivity contribution >= 4 is 0 Å². The monoisotopic (exact) mass is 248 g/mol. The van der Waals surface area contributed by atoms with Gasteiger partial charge in [-0.2, -0.15) is 0 Å². The van der Waals surface area contributed by atoms with Crippen molar-refractivity contribution in [3.63, 3.8) is 0 Å². The molecule has 2 heteroatoms. The minimum Gasteiger partial charge on any atom is -0.310 e. The highest BCUT2D eigenvalue weighted by Crippen LogP contribution is 2.11. The minimum atomic E-state index is 0.609. The molecule has 0 fully saturated rings. The summed E-state index contributed by atoms with van der Waals surface area (Å²) < 4.78 is 0. The van der Waals surface area contributed by atoms with Crippen molar-refractivity contribution in [3.8, 4) is 0 Å². The molecule has 0 aromatic heterocycles. The molecule has 0 bridgehead atoms. The summed E-state index contributed by atoms with van der Waals surface area (Å²) in [6.07, 6.45) is 3.86. The van der Waals surface area contributed by atoms with Gasteiger partial charge in [-0.1, -0.05) is 44.0 Å². The van der Waals surface area contributed by atoms with E-state index in [1.807, 2.05) is 0 Å². The van der Waals surface area contributed by atoms with Crippen molar-refractivity contribution in [2.45, 2.75) is 52.2 Å². The number of hydrogen-bond donors (Lipinski definition) is 1. The molecule has 1 N–H and O–H groups in total. The summed E-state index contributed by atoms with van der Waals surface area (Å²) in [6, 6.07) is 9.33. The standard InChI is InChI=1S/C16H28N2/c1-5-6-9-14(2)17-12-15-10-7-8-11-16(15)13-18(3)4/h7-8,10-11,14,17H,5-6,9,12-13H2,1-4H3. The zero-order valence-electron chi connectivity index (χ0n) is 12.4. The summed E-state index contributed by atoms with van der Waals surface area (Å²) in [5, 5.41) is 3.63. The highest BCUT2D eigenvalue weighted by molar-refractivity contribution is 5.26. The van der Waals surface area contributed by atoms with Gasteiger partial charge in [0.2, 0.25) is 0 Å². The normalized spacial score (nSPS) is 12.9. The first-order valence-corrected chi connectivity index (χ1v) is 7.08. The second kappa shape index (κ2) is 8.28. The fourth-order valence-electron chi connectivity index (χ4n) is 2.12. The lowest BCUT2D eigenvalue weighted by atomic mass is 10.1. The number of benzene rings is 1. The summed E-state index contributed by atoms with van der Waals surface area (Å²) in [7, 11) is 4.24. The molecule has 0 radical (unpaired) electrons. The maximum atomic E-state index is 3.63. The molecular formula is C16H28N2. The van der Waals surface area contributed by atoms with Crippen molar-refractivity contribution in [1.82, 2.24) is 10.2 Å². The predicted molar refractivity (Wildman–Crippen MR) is 79.7 cm³/mol. The molecule has 18 heavy (non-hydrogen) atoms. The number of rotatable bonds is 8. The molecule has 0 aliphatic heterocycles. The maximum Gasteiger partial charge on any atom is 0.0230 e. The highest BCUT2D eigenvalue weighted by atomic mass is 15.0. The first-order chi connectivity index (χ1) is 8.63. The van der Waals surface area contributed by atoms with E-state index in [4.69, 9.17) is 0 Å². The fraction of sp³-hybridized carbons (Fsp3) is 0.625. The van der Waals surface area contributed by atoms with E-state index in [9.17, 15) is 0 Å². The molecule has 0 saturated carbocycles. The van der Waals surface area contributed by atoms with Gasteiger partial charge in [0.15, 0.2) is 0 Å². The third kappa shape index (κ3) is 5.65. The van der Waals surface area contributed by atoms with Crippen LogP contribution < -0.4 is 5.32 Å². The topological polar surface area (TPSA) is 15.3 Å². The minimum absolute atomic E-state index is 0.609. The molecule has 1 aromatic carbocycles. The van der Waals surface area contributed by atoms with Gasteiger partial charge in [-0.3, -0.25) is 0 Å². The average Bonchev–Trinajstić information content (AvgIpc) is 2.34. The maximum absolute atomic E-state index is 3.63. The molecule has 2 nitrogen and oxygen atoms in total. The first-order valence-electron chi connectivity index (χ1n) is 7.08. The zero-order chi connectivity index (χ0) is 13.4. The molecule has 0 spiro atoms. The van der Waals surface area contributed by atoms with Gasteiger partial charge in [-0.25, -0.2) is 0 Å². The van der Waals surface area contributed by atoms with Crippen LogP contribution in [0.2, 0.25) is 0 Å². The fourth-order valence-corrected chi connectivity index (χ4v) is 2.12. The molecule has 102 valence electrons. The third-order valence-electron chi connectivity index (χ3n) is 3.24. The number of unbranched alkanes of at least 4 members (excludes halogenated alkanes) is 1. The number of nitrogens with zero attached hydrogens (tertiary/aromatic N) is 1. The quantitative estimate of drug-likeness (QED) is 0.758. The first kappa shape index (κ1) is 15.2. The second-order valence-electron chi connectivity index (χ2n) is 5.43. The summed E-state index contributed by atoms with van der Waals surface area (Å²) in [5.41, 5.74) is 2.85. The van der Waals surface area contributed by atoms with Gasteiger partial charge in [-0.15, -0.1) is 0 Å². The molecule has 1 aromatic rings. The Labute approximate surface area is 112 Å². The summed E-state index contributed by atoms with van der Waals surface area (Å²) in [6.45, 7) is 6.53. The van der Waals surface area contributed by atoms with E-state index in [2.05, 4.69) is 62.4 Å². The van der Waals surface area contributed by atoms with Crippen molar-refractivity contribution in [1.29, 1.82) is 0 Å². The van der Waals surface area contributed by atoms with E-state index in [1.165, 1.54) is 30.4 Å². The lowest BCUT2D eigenvalue weighted by Crippen LogP contribution is -2.26. The average molecular weight is 248 g/mol. The van der Waals surface area contributed by atoms with Crippen LogP contribution >= 0.6 is 0 Å². The number of nitrogens with one attached hydrogen (secondary N) is 1. The summed E-state index contributed by atoms with van der Waals surface area (Å²) >= 11 is 0. The zero-order valence-corrected chi connectivity index (χ0v) is 12.4. The van der Waals surface area contributed by atoms with Gasteiger partial charge in [0.25, 0.3) is 0 Å². The van der Waals surface area contributed by atoms with Gasteiger partial charge >= 0.3 is 0 Å². The van der Waals surface area contributed by atoms with Crippen LogP contribution in [-0.4, -0.2) is 25.0 Å². The van der Waals surface area contributed by atoms with Crippen LogP contribution in [0.4, 0.5) is 0 Å². The third-order valence-corrected chi connectivity index (χ3v) is 3.24. The molecule has 0 aliphatic carbocycles. The Bertz CT molecular complexity index is 334. The van der Waals surface area contributed by atoms with Crippen LogP contribution in [0, 0.1) is 0 Å². The van der Waals surface area contributed by atoms with Gasteiger partial charge in [-0.05, 0) is 38.6 Å². The van der Waals surface area contributed by atoms with Crippen molar-refractivity contribution in [2.24, 2.45) is 0 Å². The Kier molecular flexibility index (Phi) is 6.99. The highest BCUT2D eigenvalue weighted by Gasteiger charge is 2.05. The second-order valence-corrected chi connectivity index (χ2v) is 5.43. The van der Waals surface area contributed by atoms with Crippen LogP contribution in [0.15, 0.2) is 24.3 Å². The van der Waals surface area contributed by atoms with Crippen LogP contribution in [0.25, 0.3) is 0 Å². The van der Waals surface area contributed by atoms with Crippen LogP contribution in [0.1, 0.15) is 44.2 Å². The predicted octanol–water partition coefficient (Wildman–Crippen LogP) is 3.42. The Morgan fingerprint density at radius 2 is 1.83 bits per heavy atom. The van der Waals surface area contributed by atoms with E-state index < -0.39 is 0 Å². The van der Waals surface area contributed by atoms with Crippen molar-refractivity contribution < 1.29 is 0 Å². The molecule has 1 unspecified atom stereocenters. The SMILES string of the molecule is CCCCC(C)NCc1ccccc1CN(C)C. The lowest BCUT2D eigenvalue weighted by molar-refractivity contribution is 0.399. The van der Waals surface area contributed by atoms with E-state index in [0.717, 1.165) is 13.1 Å². The van der Waals surface area contributed by atoms with E-state index in [-0.39, 0.29) is 0 Å². The van der Waals surface area contributed by atoms with Gasteiger partial charge < -0.3 is 10.2 Å². The van der Waals surface area contributed by atoms with E-state index in [1.54, 1.807) is 0 Å². The molecule has 0 aliphatic rings. The molecule has 1 atom stereocenters. The van der Waals surface area contributed by atoms with Crippen LogP contribution in [0.5, 0.6) is 0 Å². The Hall–Kier alpha value is -0.860. The van der Waals surface area contributed by atoms with Gasteiger partial charge in [0.1, 0.15) is 0 Å². The molecule has 0 heterocycles. The van der Waals surface area contributed by atoms with Crippen LogP contribution in [-0.2, 0) is 13.1 Å². The summed E-state index contributed by atoms with van der Waals surface area (Å²) in [4.78, 5) is 2.22. The molecular weight excluding hydrogens is 220 g/mol. The molecule has 0 amide bonds. The lowest BCUT2D eigenvalue weighted by Gasteiger charge is -2.17. The molecule has 0 saturated heterocycles. The van der Waals surface area contributed by atoms with E-state index in [0.29, 0.717) is 6.04 Å².